The predicted molar refractivity (Wildman–Crippen MR) is 144 cm³/mol. The van der Waals surface area contributed by atoms with E-state index in [0.717, 1.165) is 36.9 Å². The van der Waals surface area contributed by atoms with Crippen LogP contribution in [-0.4, -0.2) is 84.5 Å². The first kappa shape index (κ1) is 29.4. The highest BCUT2D eigenvalue weighted by molar-refractivity contribution is 6.03. The number of aliphatic hydroxyl groups excluding tert-OH is 1. The maximum Gasteiger partial charge on any atom is 0.328 e. The number of nitriles is 1. The average Bonchev–Trinajstić information content (AvgIpc) is 3.32. The first-order valence-corrected chi connectivity index (χ1v) is 13.4. The SMILES string of the molecule is COC(=O)[C@@H]1C[C@@H](O)CN1C(=O)c1c(F)cccc1-c1ccc(OCC2CCN(CC(C)(C)F)CC2)cc1C#N. The number of hydrogen-bond acceptors (Lipinski definition) is 7. The van der Waals surface area contributed by atoms with Gasteiger partial charge in [-0.3, -0.25) is 4.79 Å². The molecule has 2 aliphatic heterocycles. The molecule has 2 saturated heterocycles. The zero-order chi connectivity index (χ0) is 29.0. The molecule has 214 valence electrons. The van der Waals surface area contributed by atoms with Crippen LogP contribution in [0.25, 0.3) is 11.1 Å². The minimum atomic E-state index is -1.23. The third-order valence-electron chi connectivity index (χ3n) is 7.43. The van der Waals surface area contributed by atoms with Gasteiger partial charge in [-0.1, -0.05) is 12.1 Å². The molecule has 0 bridgehead atoms. The molecule has 2 aromatic carbocycles. The molecule has 1 amide bonds. The highest BCUT2D eigenvalue weighted by atomic mass is 19.1. The van der Waals surface area contributed by atoms with Crippen LogP contribution < -0.4 is 4.74 Å². The van der Waals surface area contributed by atoms with Gasteiger partial charge in [-0.15, -0.1) is 0 Å². The second-order valence-corrected chi connectivity index (χ2v) is 11.1. The zero-order valence-corrected chi connectivity index (χ0v) is 23.0. The number of methoxy groups -OCH3 is 1. The fraction of sp³-hybridized carbons (Fsp3) is 0.500. The van der Waals surface area contributed by atoms with Crippen molar-refractivity contribution in [1.29, 1.82) is 5.26 Å². The number of β-amino-alcohol motifs (C(OH)–C–C–N with tert-alkyl or cyclic N) is 1. The lowest BCUT2D eigenvalue weighted by atomic mass is 9.94. The Labute approximate surface area is 233 Å². The molecule has 2 aromatic rings. The first-order chi connectivity index (χ1) is 19.0. The van der Waals surface area contributed by atoms with Gasteiger partial charge >= 0.3 is 5.97 Å². The van der Waals surface area contributed by atoms with Gasteiger partial charge in [0.15, 0.2) is 0 Å². The van der Waals surface area contributed by atoms with E-state index in [2.05, 4.69) is 11.0 Å². The fourth-order valence-electron chi connectivity index (χ4n) is 5.50. The van der Waals surface area contributed by atoms with E-state index in [1.165, 1.54) is 13.2 Å². The van der Waals surface area contributed by atoms with E-state index in [9.17, 15) is 24.3 Å². The van der Waals surface area contributed by atoms with Crippen LogP contribution >= 0.6 is 0 Å². The van der Waals surface area contributed by atoms with Crippen LogP contribution in [0.15, 0.2) is 36.4 Å². The van der Waals surface area contributed by atoms with Gasteiger partial charge < -0.3 is 24.4 Å². The Morgan fingerprint density at radius 1 is 1.18 bits per heavy atom. The van der Waals surface area contributed by atoms with Crippen LogP contribution in [0, 0.1) is 23.1 Å². The number of amides is 1. The minimum Gasteiger partial charge on any atom is -0.493 e. The Hall–Kier alpha value is -3.55. The van der Waals surface area contributed by atoms with Gasteiger partial charge in [0.25, 0.3) is 5.91 Å². The Morgan fingerprint density at radius 3 is 2.55 bits per heavy atom. The van der Waals surface area contributed by atoms with Gasteiger partial charge in [0.05, 0.1) is 37.0 Å². The zero-order valence-electron chi connectivity index (χ0n) is 23.0. The summed E-state index contributed by atoms with van der Waals surface area (Å²) in [7, 11) is 1.18. The molecular weight excluding hydrogens is 520 g/mol. The monoisotopic (exact) mass is 555 g/mol. The van der Waals surface area contributed by atoms with E-state index >= 15 is 4.39 Å². The number of benzene rings is 2. The van der Waals surface area contributed by atoms with Crippen molar-refractivity contribution in [3.63, 3.8) is 0 Å². The first-order valence-electron chi connectivity index (χ1n) is 13.4. The van der Waals surface area contributed by atoms with Gasteiger partial charge in [-0.2, -0.15) is 5.26 Å². The number of hydrogen-bond donors (Lipinski definition) is 1. The third-order valence-corrected chi connectivity index (χ3v) is 7.43. The number of piperidine rings is 1. The van der Waals surface area contributed by atoms with E-state index in [0.29, 0.717) is 30.4 Å². The van der Waals surface area contributed by atoms with Crippen molar-refractivity contribution in [1.82, 2.24) is 9.80 Å². The number of carbonyl (C=O) groups is 2. The van der Waals surface area contributed by atoms with Crippen LogP contribution in [0.4, 0.5) is 8.78 Å². The van der Waals surface area contributed by atoms with Crippen molar-refractivity contribution >= 4 is 11.9 Å². The Balaban J connectivity index is 1.51. The van der Waals surface area contributed by atoms with Crippen molar-refractivity contribution in [2.75, 3.05) is 39.9 Å². The molecule has 2 aliphatic rings. The van der Waals surface area contributed by atoms with Crippen LogP contribution in [0.1, 0.15) is 49.0 Å². The molecule has 1 N–H and O–H groups in total. The average molecular weight is 556 g/mol. The number of aliphatic hydroxyl groups is 1. The lowest BCUT2D eigenvalue weighted by Crippen LogP contribution is -2.41. The standard InChI is InChI=1S/C30H35F2N3O5/c1-30(2,32)18-34-11-9-19(10-12-34)17-40-22-7-8-23(20(13-22)15-33)24-5-4-6-25(31)27(24)28(37)35-16-21(36)14-26(35)29(38)39-3/h4-8,13,19,21,26,36H,9-12,14,16-18H2,1-3H3/t21-,26+/m1/s1. The topological polar surface area (TPSA) is 103 Å². The second-order valence-electron chi connectivity index (χ2n) is 11.1. The third kappa shape index (κ3) is 6.77. The van der Waals surface area contributed by atoms with Crippen LogP contribution in [-0.2, 0) is 9.53 Å². The molecule has 10 heteroatoms. The second kappa shape index (κ2) is 12.3. The van der Waals surface area contributed by atoms with Crippen molar-refractivity contribution in [3.8, 4) is 22.9 Å². The largest absolute Gasteiger partial charge is 0.493 e. The maximum atomic E-state index is 15.1. The Bertz CT molecular complexity index is 1280. The number of halogens is 2. The summed E-state index contributed by atoms with van der Waals surface area (Å²) in [5.74, 6) is -1.49. The number of likely N-dealkylation sites (tertiary alicyclic amines) is 2. The quantitative estimate of drug-likeness (QED) is 0.492. The van der Waals surface area contributed by atoms with Gasteiger partial charge in [-0.25, -0.2) is 13.6 Å². The van der Waals surface area contributed by atoms with E-state index in [4.69, 9.17) is 9.47 Å². The van der Waals surface area contributed by atoms with Crippen LogP contribution in [0.3, 0.4) is 0 Å². The summed E-state index contributed by atoms with van der Waals surface area (Å²) >= 11 is 0. The molecule has 0 saturated carbocycles. The summed E-state index contributed by atoms with van der Waals surface area (Å²) in [6.07, 6.45) is 0.805. The fourth-order valence-corrected chi connectivity index (χ4v) is 5.50. The summed E-state index contributed by atoms with van der Waals surface area (Å²) in [4.78, 5) is 29.0. The van der Waals surface area contributed by atoms with Gasteiger partial charge in [0, 0.05) is 25.1 Å². The molecule has 4 rings (SSSR count). The van der Waals surface area contributed by atoms with E-state index < -0.39 is 35.5 Å². The molecule has 2 heterocycles. The van der Waals surface area contributed by atoms with E-state index in [1.54, 1.807) is 38.1 Å². The maximum absolute atomic E-state index is 15.1. The number of alkyl halides is 1. The van der Waals surface area contributed by atoms with Gasteiger partial charge in [0.1, 0.15) is 23.3 Å². The molecule has 2 fully saturated rings. The summed E-state index contributed by atoms with van der Waals surface area (Å²) in [5, 5.41) is 20.0. The van der Waals surface area contributed by atoms with Gasteiger partial charge in [0.2, 0.25) is 0 Å². The van der Waals surface area contributed by atoms with Crippen molar-refractivity contribution in [2.45, 2.75) is 50.9 Å². The number of nitrogens with zero attached hydrogens (tertiary/aromatic N) is 3. The Morgan fingerprint density at radius 2 is 1.90 bits per heavy atom. The van der Waals surface area contributed by atoms with Crippen LogP contribution in [0.2, 0.25) is 0 Å². The molecular formula is C30H35F2N3O5. The minimum absolute atomic E-state index is 0.00938. The lowest BCUT2D eigenvalue weighted by molar-refractivity contribution is -0.145. The summed E-state index contributed by atoms with van der Waals surface area (Å²) in [6, 6.07) is 10.0. The molecule has 8 nitrogen and oxygen atoms in total. The number of rotatable bonds is 8. The number of carbonyl (C=O) groups excluding carboxylic acids is 2. The molecule has 0 aliphatic carbocycles. The smallest absolute Gasteiger partial charge is 0.328 e. The summed E-state index contributed by atoms with van der Waals surface area (Å²) < 4.78 is 39.9. The number of esters is 1. The van der Waals surface area contributed by atoms with Gasteiger partial charge in [-0.05, 0) is 75.5 Å². The molecule has 0 aromatic heterocycles. The van der Waals surface area contributed by atoms with Crippen molar-refractivity contribution < 1.29 is 33.0 Å². The number of ether oxygens (including phenoxy) is 2. The lowest BCUT2D eigenvalue weighted by Gasteiger charge is -2.34. The van der Waals surface area contributed by atoms with E-state index in [1.807, 2.05) is 0 Å². The molecule has 2 atom stereocenters. The van der Waals surface area contributed by atoms with Crippen molar-refractivity contribution in [2.24, 2.45) is 5.92 Å². The van der Waals surface area contributed by atoms with E-state index in [-0.39, 0.29) is 29.7 Å². The molecule has 0 radical (unpaired) electrons. The highest BCUT2D eigenvalue weighted by Gasteiger charge is 2.41. The normalized spacial score (nSPS) is 20.3. The van der Waals surface area contributed by atoms with Crippen molar-refractivity contribution in [3.05, 3.63) is 53.3 Å². The van der Waals surface area contributed by atoms with Crippen LogP contribution in [0.5, 0.6) is 5.75 Å². The highest BCUT2D eigenvalue weighted by Crippen LogP contribution is 2.34. The molecule has 0 unspecified atom stereocenters. The summed E-state index contributed by atoms with van der Waals surface area (Å²) in [6.45, 7) is 5.46. The molecule has 40 heavy (non-hydrogen) atoms. The summed E-state index contributed by atoms with van der Waals surface area (Å²) in [5.41, 5.74) is -0.790. The molecule has 0 spiro atoms. The Kier molecular flexibility index (Phi) is 9.06. The predicted octanol–water partition coefficient (Wildman–Crippen LogP) is 3.95.